The molecule has 2 fully saturated rings. The molecule has 1 aromatic carbocycles. The van der Waals surface area contributed by atoms with Gasteiger partial charge in [-0.3, -0.25) is 34.1 Å². The van der Waals surface area contributed by atoms with Crippen molar-refractivity contribution in [3.05, 3.63) is 51.9 Å². The number of amides is 2. The van der Waals surface area contributed by atoms with Crippen molar-refractivity contribution in [2.45, 2.75) is 64.5 Å². The number of aliphatic carboxylic acids is 1. The Balaban J connectivity index is 1.89. The number of nitrogens with zero attached hydrogens (tertiary/aromatic N) is 3. The Bertz CT molecular complexity index is 1200. The van der Waals surface area contributed by atoms with Crippen LogP contribution in [-0.4, -0.2) is 49.2 Å². The monoisotopic (exact) mass is 482 g/mol. The Labute approximate surface area is 204 Å². The van der Waals surface area contributed by atoms with Crippen molar-refractivity contribution in [3.63, 3.8) is 0 Å². The Morgan fingerprint density at radius 3 is 2.31 bits per heavy atom. The van der Waals surface area contributed by atoms with E-state index in [9.17, 15) is 24.3 Å². The maximum Gasteiger partial charge on any atom is 0.324 e. The molecule has 4 atom stereocenters. The van der Waals surface area contributed by atoms with Crippen LogP contribution in [-0.2, 0) is 21.4 Å². The number of nitrogens with one attached hydrogen (secondary N) is 1. The van der Waals surface area contributed by atoms with Crippen molar-refractivity contribution in [2.24, 2.45) is 18.9 Å². The highest BCUT2D eigenvalue weighted by atomic mass is 16.4. The number of para-hydroxylation sites is 1. The van der Waals surface area contributed by atoms with Crippen LogP contribution in [0.5, 0.6) is 0 Å². The van der Waals surface area contributed by atoms with Crippen LogP contribution in [0.2, 0.25) is 0 Å². The van der Waals surface area contributed by atoms with Crippen molar-refractivity contribution >= 4 is 17.8 Å². The fraction of sp³-hybridized carbons (Fsp3) is 0.538. The van der Waals surface area contributed by atoms with Gasteiger partial charge in [-0.15, -0.1) is 0 Å². The zero-order valence-electron chi connectivity index (χ0n) is 20.8. The number of carbonyl (C=O) groups excluding carboxylic acids is 2. The number of aromatic nitrogens is 2. The third-order valence-electron chi connectivity index (χ3n) is 7.70. The van der Waals surface area contributed by atoms with Crippen LogP contribution in [0.1, 0.15) is 63.3 Å². The lowest BCUT2D eigenvalue weighted by Gasteiger charge is -2.31. The quantitative estimate of drug-likeness (QED) is 0.531. The van der Waals surface area contributed by atoms with Crippen LogP contribution in [0.4, 0.5) is 0 Å². The van der Waals surface area contributed by atoms with Gasteiger partial charge in [0.15, 0.2) is 0 Å². The van der Waals surface area contributed by atoms with Crippen LogP contribution in [0.15, 0.2) is 35.1 Å². The summed E-state index contributed by atoms with van der Waals surface area (Å²) in [6.45, 7) is 5.97. The fourth-order valence-corrected chi connectivity index (χ4v) is 5.78. The van der Waals surface area contributed by atoms with Crippen molar-refractivity contribution in [1.29, 1.82) is 0 Å². The molecule has 35 heavy (non-hydrogen) atoms. The van der Waals surface area contributed by atoms with Crippen LogP contribution in [0.25, 0.3) is 5.69 Å². The molecule has 9 heteroatoms. The SMILES string of the molecule is CCCCN1C(=O)C2C(c3c(C)n(C)n(-c4ccccc4)c3=O)NC(CCCC)(C(=O)O)C2C1=O. The number of unbranched alkanes of at least 4 members (excludes halogenated alkanes) is 2. The molecule has 0 aliphatic carbocycles. The standard InChI is InChI=1S/C26H34N4O5/c1-5-7-14-26(25(34)35)20-19(22(31)29(24(20)33)15-8-6-2)21(27-26)18-16(3)28(4)30(23(18)32)17-12-10-9-11-13-17/h9-13,19-21,27H,5-8,14-15H2,1-4H3,(H,34,35). The molecule has 2 amide bonds. The van der Waals surface area contributed by atoms with E-state index in [1.54, 1.807) is 18.7 Å². The molecule has 2 aliphatic rings. The molecule has 4 rings (SSSR count). The Morgan fingerprint density at radius 1 is 1.06 bits per heavy atom. The highest BCUT2D eigenvalue weighted by molar-refractivity contribution is 6.09. The van der Waals surface area contributed by atoms with Gasteiger partial charge in [0.05, 0.1) is 29.1 Å². The second-order valence-electron chi connectivity index (χ2n) is 9.66. The summed E-state index contributed by atoms with van der Waals surface area (Å²) in [5.41, 5.74) is -0.302. The number of benzene rings is 1. The summed E-state index contributed by atoms with van der Waals surface area (Å²) in [4.78, 5) is 54.9. The van der Waals surface area contributed by atoms with Gasteiger partial charge in [0, 0.05) is 19.3 Å². The second-order valence-corrected chi connectivity index (χ2v) is 9.66. The van der Waals surface area contributed by atoms with Gasteiger partial charge in [0.1, 0.15) is 5.54 Å². The van der Waals surface area contributed by atoms with Crippen LogP contribution in [0.3, 0.4) is 0 Å². The second kappa shape index (κ2) is 9.45. The Morgan fingerprint density at radius 2 is 1.71 bits per heavy atom. The molecule has 0 radical (unpaired) electrons. The molecule has 0 bridgehead atoms. The molecule has 1 aromatic heterocycles. The third-order valence-corrected chi connectivity index (χ3v) is 7.70. The van der Waals surface area contributed by atoms with Crippen LogP contribution < -0.4 is 10.9 Å². The van der Waals surface area contributed by atoms with Gasteiger partial charge in [-0.2, -0.15) is 0 Å². The minimum Gasteiger partial charge on any atom is -0.480 e. The maximum absolute atomic E-state index is 13.8. The molecule has 2 saturated heterocycles. The van der Waals surface area contributed by atoms with E-state index < -0.39 is 35.3 Å². The summed E-state index contributed by atoms with van der Waals surface area (Å²) >= 11 is 0. The molecular formula is C26H34N4O5. The van der Waals surface area contributed by atoms with E-state index in [-0.39, 0.29) is 24.4 Å². The molecule has 0 saturated carbocycles. The number of carboxylic acids is 1. The maximum atomic E-state index is 13.8. The summed E-state index contributed by atoms with van der Waals surface area (Å²) in [5.74, 6) is -3.98. The average Bonchev–Trinajstić information content (AvgIpc) is 3.39. The predicted octanol–water partition coefficient (Wildman–Crippen LogP) is 2.54. The summed E-state index contributed by atoms with van der Waals surface area (Å²) in [7, 11) is 1.76. The van der Waals surface area contributed by atoms with E-state index in [1.165, 1.54) is 9.58 Å². The predicted molar refractivity (Wildman–Crippen MR) is 130 cm³/mol. The lowest BCUT2D eigenvalue weighted by atomic mass is 9.76. The van der Waals surface area contributed by atoms with E-state index in [0.29, 0.717) is 29.8 Å². The van der Waals surface area contributed by atoms with Crippen molar-refractivity contribution in [3.8, 4) is 5.69 Å². The highest BCUT2D eigenvalue weighted by Gasteiger charge is 2.68. The summed E-state index contributed by atoms with van der Waals surface area (Å²) in [6, 6.07) is 8.28. The van der Waals surface area contributed by atoms with Crippen molar-refractivity contribution in [1.82, 2.24) is 19.6 Å². The Hall–Kier alpha value is -3.20. The largest absolute Gasteiger partial charge is 0.480 e. The number of likely N-dealkylation sites (tertiary alicyclic amines) is 1. The Kier molecular flexibility index (Phi) is 6.73. The molecule has 2 aromatic rings. The van der Waals surface area contributed by atoms with Gasteiger partial charge in [-0.25, -0.2) is 4.68 Å². The summed E-state index contributed by atoms with van der Waals surface area (Å²) in [6.07, 6.45) is 2.97. The number of rotatable bonds is 9. The lowest BCUT2D eigenvalue weighted by molar-refractivity contribution is -0.151. The number of hydrogen-bond acceptors (Lipinski definition) is 5. The third kappa shape index (κ3) is 3.73. The van der Waals surface area contributed by atoms with Gasteiger partial charge < -0.3 is 5.11 Å². The van der Waals surface area contributed by atoms with Gasteiger partial charge >= 0.3 is 5.97 Å². The number of carbonyl (C=O) groups is 3. The number of hydrogen-bond donors (Lipinski definition) is 2. The summed E-state index contributed by atoms with van der Waals surface area (Å²) < 4.78 is 3.23. The molecule has 2 aliphatic heterocycles. The first-order valence-electron chi connectivity index (χ1n) is 12.4. The van der Waals surface area contributed by atoms with Crippen molar-refractivity contribution < 1.29 is 19.5 Å². The van der Waals surface area contributed by atoms with Crippen LogP contribution >= 0.6 is 0 Å². The highest BCUT2D eigenvalue weighted by Crippen LogP contribution is 2.50. The number of carboxylic acid groups (broad SMARTS) is 1. The first-order chi connectivity index (χ1) is 16.7. The molecule has 0 spiro atoms. The van der Waals surface area contributed by atoms with E-state index in [4.69, 9.17) is 0 Å². The van der Waals surface area contributed by atoms with Crippen LogP contribution in [0, 0.1) is 18.8 Å². The van der Waals surface area contributed by atoms with E-state index in [1.807, 2.05) is 44.2 Å². The zero-order valence-corrected chi connectivity index (χ0v) is 20.8. The topological polar surface area (TPSA) is 114 Å². The fourth-order valence-electron chi connectivity index (χ4n) is 5.78. The van der Waals surface area contributed by atoms with Gasteiger partial charge in [-0.1, -0.05) is 51.3 Å². The van der Waals surface area contributed by atoms with Crippen molar-refractivity contribution in [2.75, 3.05) is 6.54 Å². The molecule has 4 unspecified atom stereocenters. The first-order valence-corrected chi connectivity index (χ1v) is 12.4. The minimum atomic E-state index is -1.61. The molecule has 3 heterocycles. The molecule has 2 N–H and O–H groups in total. The zero-order chi connectivity index (χ0) is 25.5. The summed E-state index contributed by atoms with van der Waals surface area (Å²) in [5, 5.41) is 13.6. The molecular weight excluding hydrogens is 448 g/mol. The molecule has 188 valence electrons. The first kappa shape index (κ1) is 24.9. The van der Waals surface area contributed by atoms with Gasteiger partial charge in [0.25, 0.3) is 5.56 Å². The minimum absolute atomic E-state index is 0.204. The van der Waals surface area contributed by atoms with E-state index in [0.717, 1.165) is 12.8 Å². The number of imide groups is 1. The van der Waals surface area contributed by atoms with Gasteiger partial charge in [0.2, 0.25) is 11.8 Å². The van der Waals surface area contributed by atoms with E-state index >= 15 is 0 Å². The molecule has 9 nitrogen and oxygen atoms in total. The number of fused-ring (bicyclic) bond motifs is 1. The lowest BCUT2D eigenvalue weighted by Crippen LogP contribution is -2.56. The normalized spacial score (nSPS) is 25.9. The average molecular weight is 483 g/mol. The van der Waals surface area contributed by atoms with Gasteiger partial charge in [-0.05, 0) is 31.9 Å². The smallest absolute Gasteiger partial charge is 0.324 e. The van der Waals surface area contributed by atoms with E-state index in [2.05, 4.69) is 5.32 Å².